The monoisotopic (exact) mass is 364 g/mol. The Labute approximate surface area is 148 Å². The molecule has 0 saturated heterocycles. The normalized spacial score (nSPS) is 11.5. The summed E-state index contributed by atoms with van der Waals surface area (Å²) in [5, 5.41) is 21.5. The third kappa shape index (κ3) is 5.41. The van der Waals surface area contributed by atoms with Gasteiger partial charge in [0.15, 0.2) is 5.13 Å². The van der Waals surface area contributed by atoms with Gasteiger partial charge < -0.3 is 14.7 Å². The van der Waals surface area contributed by atoms with Crippen molar-refractivity contribution in [2.45, 2.75) is 20.0 Å². The summed E-state index contributed by atoms with van der Waals surface area (Å²) in [7, 11) is 0. The molecule has 0 unspecified atom stereocenters. The first-order valence-corrected chi connectivity index (χ1v) is 8.31. The first kappa shape index (κ1) is 18.6. The van der Waals surface area contributed by atoms with Crippen LogP contribution < -0.4 is 10.1 Å². The fourth-order valence-corrected chi connectivity index (χ4v) is 2.69. The number of thiazole rings is 1. The van der Waals surface area contributed by atoms with Crippen molar-refractivity contribution < 1.29 is 19.0 Å². The fourth-order valence-electron chi connectivity index (χ4n) is 2.01. The van der Waals surface area contributed by atoms with Gasteiger partial charge in [0.2, 0.25) is 5.06 Å². The Kier molecular flexibility index (Phi) is 6.27. The van der Waals surface area contributed by atoms with Crippen LogP contribution in [0.4, 0.5) is 14.3 Å². The van der Waals surface area contributed by atoms with E-state index in [-0.39, 0.29) is 23.9 Å². The number of nitrogens with one attached hydrogen (secondary N) is 1. The average molecular weight is 364 g/mol. The Morgan fingerprint density at radius 2 is 2.32 bits per heavy atom. The van der Waals surface area contributed by atoms with Crippen LogP contribution in [0.25, 0.3) is 0 Å². The lowest BCUT2D eigenvalue weighted by molar-refractivity contribution is 0.141. The van der Waals surface area contributed by atoms with E-state index in [0.29, 0.717) is 16.7 Å². The van der Waals surface area contributed by atoms with Crippen LogP contribution in [0.5, 0.6) is 10.8 Å². The van der Waals surface area contributed by atoms with E-state index in [4.69, 9.17) is 10.00 Å². The molecule has 0 saturated carbocycles. The maximum absolute atomic E-state index is 13.4. The molecular formula is C16H17FN4O3S. The molecule has 7 nitrogen and oxygen atoms in total. The highest BCUT2D eigenvalue weighted by Crippen LogP contribution is 2.31. The fraction of sp³-hybridized carbons (Fsp3) is 0.312. The van der Waals surface area contributed by atoms with Gasteiger partial charge in [-0.25, -0.2) is 14.2 Å². The summed E-state index contributed by atoms with van der Waals surface area (Å²) in [4.78, 5) is 17.6. The molecule has 0 aliphatic carbocycles. The van der Waals surface area contributed by atoms with Gasteiger partial charge in [-0.05, 0) is 26.0 Å². The molecule has 1 aromatic carbocycles. The molecule has 0 bridgehead atoms. The average Bonchev–Trinajstić information content (AvgIpc) is 2.98. The van der Waals surface area contributed by atoms with Crippen LogP contribution in [0, 0.1) is 17.1 Å². The summed E-state index contributed by atoms with van der Waals surface area (Å²) in [6.45, 7) is 4.04. The zero-order valence-electron chi connectivity index (χ0n) is 13.7. The largest absolute Gasteiger partial charge is 0.445 e. The van der Waals surface area contributed by atoms with E-state index >= 15 is 0 Å². The van der Waals surface area contributed by atoms with E-state index in [2.05, 4.69) is 10.3 Å². The van der Waals surface area contributed by atoms with Gasteiger partial charge in [0.1, 0.15) is 11.6 Å². The number of amides is 2. The van der Waals surface area contributed by atoms with Gasteiger partial charge in [-0.1, -0.05) is 11.3 Å². The van der Waals surface area contributed by atoms with Gasteiger partial charge in [0.25, 0.3) is 0 Å². The van der Waals surface area contributed by atoms with Crippen LogP contribution in [0.3, 0.4) is 0 Å². The highest BCUT2D eigenvalue weighted by Gasteiger charge is 2.16. The number of hydrogen-bond donors (Lipinski definition) is 2. The third-order valence-electron chi connectivity index (χ3n) is 3.07. The lowest BCUT2D eigenvalue weighted by atomic mass is 10.2. The molecule has 1 atom stereocenters. The zero-order valence-corrected chi connectivity index (χ0v) is 14.5. The highest BCUT2D eigenvalue weighted by molar-refractivity contribution is 7.17. The molecule has 2 aromatic rings. The summed E-state index contributed by atoms with van der Waals surface area (Å²) in [6.07, 6.45) is 0.755. The smallest absolute Gasteiger partial charge is 0.323 e. The first-order valence-electron chi connectivity index (χ1n) is 7.49. The molecule has 0 spiro atoms. The van der Waals surface area contributed by atoms with E-state index in [0.717, 1.165) is 23.5 Å². The molecule has 25 heavy (non-hydrogen) atoms. The van der Waals surface area contributed by atoms with E-state index in [9.17, 15) is 14.3 Å². The van der Waals surface area contributed by atoms with Crippen molar-refractivity contribution in [2.24, 2.45) is 0 Å². The predicted octanol–water partition coefficient (Wildman–Crippen LogP) is 3.18. The minimum absolute atomic E-state index is 0.143. The van der Waals surface area contributed by atoms with Crippen molar-refractivity contribution in [1.82, 2.24) is 9.88 Å². The number of nitrogens with zero attached hydrogens (tertiary/aromatic N) is 3. The molecule has 0 aliphatic heterocycles. The van der Waals surface area contributed by atoms with Crippen molar-refractivity contribution in [3.05, 3.63) is 35.8 Å². The molecule has 132 valence electrons. The van der Waals surface area contributed by atoms with Gasteiger partial charge in [-0.15, -0.1) is 0 Å². The summed E-state index contributed by atoms with van der Waals surface area (Å²) < 4.78 is 18.9. The minimum atomic E-state index is -0.636. The standard InChI is InChI=1S/C16H17FN4O3S/c1-3-21(9-10(2)22)16(23)20-15-19-8-14(25-15)24-13-5-11(7-18)4-12(17)6-13/h4-6,8,10,22H,3,9H2,1-2H3,(H,19,20,23)/t10-/m1/s1. The van der Waals surface area contributed by atoms with Crippen molar-refractivity contribution in [2.75, 3.05) is 18.4 Å². The number of likely N-dealkylation sites (N-methyl/N-ethyl adjacent to an activating group) is 1. The molecule has 9 heteroatoms. The van der Waals surface area contributed by atoms with Crippen LogP contribution in [-0.4, -0.2) is 40.2 Å². The van der Waals surface area contributed by atoms with Gasteiger partial charge in [0.05, 0.1) is 23.9 Å². The lowest BCUT2D eigenvalue weighted by Gasteiger charge is -2.21. The summed E-state index contributed by atoms with van der Waals surface area (Å²) in [5.74, 6) is -0.411. The lowest BCUT2D eigenvalue weighted by Crippen LogP contribution is -2.39. The van der Waals surface area contributed by atoms with Crippen molar-refractivity contribution in [3.8, 4) is 16.9 Å². The Hall–Kier alpha value is -2.70. The minimum Gasteiger partial charge on any atom is -0.445 e. The van der Waals surface area contributed by atoms with Crippen LogP contribution in [-0.2, 0) is 0 Å². The molecule has 1 aromatic heterocycles. The Morgan fingerprint density at radius 3 is 2.96 bits per heavy atom. The number of ether oxygens (including phenoxy) is 1. The van der Waals surface area contributed by atoms with E-state index in [1.165, 1.54) is 17.2 Å². The van der Waals surface area contributed by atoms with Crippen LogP contribution >= 0.6 is 11.3 Å². The number of aliphatic hydroxyl groups excluding tert-OH is 1. The highest BCUT2D eigenvalue weighted by atomic mass is 32.1. The maximum atomic E-state index is 13.4. The van der Waals surface area contributed by atoms with Crippen molar-refractivity contribution in [3.63, 3.8) is 0 Å². The molecule has 0 radical (unpaired) electrons. The zero-order chi connectivity index (χ0) is 18.4. The van der Waals surface area contributed by atoms with Gasteiger partial charge in [-0.2, -0.15) is 5.26 Å². The molecule has 0 aliphatic rings. The van der Waals surface area contributed by atoms with Gasteiger partial charge in [-0.3, -0.25) is 5.32 Å². The summed E-state index contributed by atoms with van der Waals surface area (Å²) >= 11 is 1.06. The molecule has 2 N–H and O–H groups in total. The van der Waals surface area contributed by atoms with Gasteiger partial charge in [0, 0.05) is 19.2 Å². The Balaban J connectivity index is 2.04. The topological polar surface area (TPSA) is 98.5 Å². The maximum Gasteiger partial charge on any atom is 0.323 e. The van der Waals surface area contributed by atoms with Crippen LogP contribution in [0.1, 0.15) is 19.4 Å². The molecular weight excluding hydrogens is 347 g/mol. The number of urea groups is 1. The number of halogens is 1. The van der Waals surface area contributed by atoms with Crippen LogP contribution in [0.2, 0.25) is 0 Å². The number of nitriles is 1. The molecule has 0 fully saturated rings. The SMILES string of the molecule is CCN(C[C@@H](C)O)C(=O)Nc1ncc(Oc2cc(F)cc(C#N)c2)s1. The number of carbonyl (C=O) groups is 1. The number of anilines is 1. The molecule has 2 amide bonds. The molecule has 2 rings (SSSR count). The second kappa shape index (κ2) is 8.41. The number of aliphatic hydroxyl groups is 1. The Bertz CT molecular complexity index is 788. The summed E-state index contributed by atoms with van der Waals surface area (Å²) in [5.41, 5.74) is 0.143. The van der Waals surface area contributed by atoms with E-state index in [1.54, 1.807) is 13.8 Å². The molecule has 1 heterocycles. The number of aromatic nitrogens is 1. The van der Waals surface area contributed by atoms with Crippen LogP contribution in [0.15, 0.2) is 24.4 Å². The Morgan fingerprint density at radius 1 is 1.56 bits per heavy atom. The predicted molar refractivity (Wildman–Crippen MR) is 91.2 cm³/mol. The van der Waals surface area contributed by atoms with E-state index in [1.807, 2.05) is 6.07 Å². The van der Waals surface area contributed by atoms with Gasteiger partial charge >= 0.3 is 6.03 Å². The van der Waals surface area contributed by atoms with Crippen molar-refractivity contribution >= 4 is 22.5 Å². The number of rotatable bonds is 6. The van der Waals surface area contributed by atoms with E-state index < -0.39 is 11.9 Å². The number of carbonyl (C=O) groups excluding carboxylic acids is 1. The second-order valence-corrected chi connectivity index (χ2v) is 6.18. The summed E-state index contributed by atoms with van der Waals surface area (Å²) in [6, 6.07) is 5.12. The van der Waals surface area contributed by atoms with Crippen molar-refractivity contribution in [1.29, 1.82) is 5.26 Å². The quantitative estimate of drug-likeness (QED) is 0.820. The third-order valence-corrected chi connectivity index (χ3v) is 3.86. The second-order valence-electron chi connectivity index (χ2n) is 5.19. The number of hydrogen-bond acceptors (Lipinski definition) is 6. The first-order chi connectivity index (χ1) is 11.9. The number of benzene rings is 1.